The molecule has 0 aliphatic rings. The fourth-order valence-electron chi connectivity index (χ4n) is 3.06. The van der Waals surface area contributed by atoms with E-state index in [9.17, 15) is 13.2 Å². The van der Waals surface area contributed by atoms with Crippen molar-refractivity contribution < 1.29 is 17.9 Å². The van der Waals surface area contributed by atoms with Crippen LogP contribution < -0.4 is 0 Å². The molecule has 3 aromatic rings. The molecule has 0 spiro atoms. The quantitative estimate of drug-likeness (QED) is 0.285. The summed E-state index contributed by atoms with van der Waals surface area (Å²) in [5.41, 5.74) is 3.00. The maximum Gasteiger partial charge on any atom is 0.316 e. The van der Waals surface area contributed by atoms with Gasteiger partial charge < -0.3 is 9.30 Å². The molecule has 0 saturated carbocycles. The third kappa shape index (κ3) is 5.23. The monoisotopic (exact) mass is 463 g/mol. The van der Waals surface area contributed by atoms with E-state index >= 15 is 0 Å². The summed E-state index contributed by atoms with van der Waals surface area (Å²) in [5, 5.41) is 0.532. The Bertz CT molecular complexity index is 1200. The van der Waals surface area contributed by atoms with Gasteiger partial charge in [0.1, 0.15) is 12.4 Å². The highest BCUT2D eigenvalue weighted by Gasteiger charge is 2.20. The van der Waals surface area contributed by atoms with Crippen LogP contribution >= 0.6 is 11.8 Å². The minimum Gasteiger partial charge on any atom is -0.457 e. The number of nitrogens with zero attached hydrogens (tertiary/aromatic N) is 5. The lowest BCUT2D eigenvalue weighted by atomic mass is 10.3. The molecule has 0 aliphatic heterocycles. The molecule has 166 valence electrons. The highest BCUT2D eigenvalue weighted by molar-refractivity contribution is 7.99. The molecule has 0 aliphatic carbocycles. The summed E-state index contributed by atoms with van der Waals surface area (Å²) in [4.78, 5) is 25.5. The lowest BCUT2D eigenvalue weighted by Crippen LogP contribution is -2.22. The second kappa shape index (κ2) is 9.33. The van der Waals surface area contributed by atoms with Crippen LogP contribution in [0.1, 0.15) is 24.1 Å². The van der Waals surface area contributed by atoms with Gasteiger partial charge in [0.05, 0.1) is 21.7 Å². The zero-order chi connectivity index (χ0) is 22.8. The van der Waals surface area contributed by atoms with E-state index in [1.165, 1.54) is 31.9 Å². The first-order chi connectivity index (χ1) is 14.6. The summed E-state index contributed by atoms with van der Waals surface area (Å²) in [6.45, 7) is 6.30. The molecule has 0 bridgehead atoms. The number of rotatable bonds is 8. The number of hydrogen-bond donors (Lipinski definition) is 0. The molecule has 0 unspecified atom stereocenters. The molecule has 2 heterocycles. The van der Waals surface area contributed by atoms with Crippen molar-refractivity contribution >= 4 is 38.8 Å². The van der Waals surface area contributed by atoms with E-state index in [-0.39, 0.29) is 17.3 Å². The van der Waals surface area contributed by atoms with Gasteiger partial charge in [-0.2, -0.15) is 0 Å². The van der Waals surface area contributed by atoms with Crippen molar-refractivity contribution in [1.82, 2.24) is 23.8 Å². The fraction of sp³-hybridized carbons (Fsp3) is 0.400. The molecule has 0 saturated heterocycles. The van der Waals surface area contributed by atoms with Crippen molar-refractivity contribution in [1.29, 1.82) is 0 Å². The third-order valence-electron chi connectivity index (χ3n) is 4.54. The van der Waals surface area contributed by atoms with Gasteiger partial charge in [-0.05, 0) is 45.0 Å². The molecule has 0 atom stereocenters. The van der Waals surface area contributed by atoms with Crippen molar-refractivity contribution in [2.24, 2.45) is 0 Å². The summed E-state index contributed by atoms with van der Waals surface area (Å²) in [5.74, 6) is 0.233. The van der Waals surface area contributed by atoms with E-state index in [0.717, 1.165) is 21.2 Å². The number of imidazole rings is 1. The molecule has 2 aromatic heterocycles. The van der Waals surface area contributed by atoms with Gasteiger partial charge in [-0.15, -0.1) is 0 Å². The van der Waals surface area contributed by atoms with Crippen LogP contribution in [0.25, 0.3) is 11.0 Å². The fourth-order valence-corrected chi connectivity index (χ4v) is 4.73. The predicted molar refractivity (Wildman–Crippen MR) is 118 cm³/mol. The van der Waals surface area contributed by atoms with E-state index in [1.807, 2.05) is 31.4 Å². The lowest BCUT2D eigenvalue weighted by molar-refractivity contribution is -0.142. The number of esters is 1. The summed E-state index contributed by atoms with van der Waals surface area (Å²) < 4.78 is 33.2. The first-order valence-electron chi connectivity index (χ1n) is 9.64. The first-order valence-corrected chi connectivity index (χ1v) is 12.1. The Kier molecular flexibility index (Phi) is 6.97. The molecule has 3 rings (SSSR count). The number of ether oxygens (including phenoxy) is 1. The molecule has 0 amide bonds. The van der Waals surface area contributed by atoms with Crippen LogP contribution in [-0.2, 0) is 32.7 Å². The van der Waals surface area contributed by atoms with E-state index in [1.54, 1.807) is 12.1 Å². The Morgan fingerprint density at radius 2 is 1.81 bits per heavy atom. The zero-order valence-electron chi connectivity index (χ0n) is 18.1. The normalized spacial score (nSPS) is 11.9. The largest absolute Gasteiger partial charge is 0.457 e. The molecule has 9 nitrogen and oxygen atoms in total. The molecular formula is C20H25N5O4S2. The van der Waals surface area contributed by atoms with E-state index in [4.69, 9.17) is 4.74 Å². The van der Waals surface area contributed by atoms with Gasteiger partial charge in [0.25, 0.3) is 0 Å². The van der Waals surface area contributed by atoms with Gasteiger partial charge in [-0.25, -0.2) is 27.7 Å². The van der Waals surface area contributed by atoms with Crippen LogP contribution in [0.2, 0.25) is 0 Å². The number of carbonyl (C=O) groups excluding carboxylic acids is 1. The van der Waals surface area contributed by atoms with E-state index in [2.05, 4.69) is 15.0 Å². The van der Waals surface area contributed by atoms with Crippen LogP contribution in [0.4, 0.5) is 0 Å². The molecule has 11 heteroatoms. The predicted octanol–water partition coefficient (Wildman–Crippen LogP) is 2.55. The molecule has 1 aromatic carbocycles. The Morgan fingerprint density at radius 3 is 2.42 bits per heavy atom. The Hall–Kier alpha value is -2.50. The second-order valence-electron chi connectivity index (χ2n) is 7.09. The first kappa shape index (κ1) is 23.2. The van der Waals surface area contributed by atoms with Crippen LogP contribution in [0.15, 0.2) is 34.3 Å². The number of benzene rings is 1. The topological polar surface area (TPSA) is 107 Å². The van der Waals surface area contributed by atoms with Gasteiger partial charge in [0.2, 0.25) is 10.0 Å². The van der Waals surface area contributed by atoms with Gasteiger partial charge in [0, 0.05) is 32.0 Å². The van der Waals surface area contributed by atoms with E-state index in [0.29, 0.717) is 23.0 Å². The SMILES string of the molecule is CCn1c(COC(=O)CSc2nc(C)cc(C)n2)nc2cc(S(=O)(=O)N(C)C)ccc21. The van der Waals surface area contributed by atoms with Gasteiger partial charge >= 0.3 is 5.97 Å². The molecular weight excluding hydrogens is 438 g/mol. The van der Waals surface area contributed by atoms with Gasteiger partial charge in [0.15, 0.2) is 5.16 Å². The Labute approximate surface area is 185 Å². The van der Waals surface area contributed by atoms with Crippen molar-refractivity contribution in [2.45, 2.75) is 44.0 Å². The number of aryl methyl sites for hydroxylation is 3. The van der Waals surface area contributed by atoms with Gasteiger partial charge in [-0.3, -0.25) is 4.79 Å². The smallest absolute Gasteiger partial charge is 0.316 e. The summed E-state index contributed by atoms with van der Waals surface area (Å²) >= 11 is 1.22. The second-order valence-corrected chi connectivity index (χ2v) is 10.2. The standard InChI is InChI=1S/C20H25N5O4S2/c1-6-25-17-8-7-15(31(27,28)24(4)5)10-16(17)23-18(25)11-29-19(26)12-30-20-21-13(2)9-14(3)22-20/h7-10H,6,11-12H2,1-5H3. The lowest BCUT2D eigenvalue weighted by Gasteiger charge is -2.11. The summed E-state index contributed by atoms with van der Waals surface area (Å²) in [7, 11) is -0.596. The average molecular weight is 464 g/mol. The molecule has 0 radical (unpaired) electrons. The number of aromatic nitrogens is 4. The van der Waals surface area contributed by atoms with Crippen LogP contribution in [0, 0.1) is 13.8 Å². The number of thioether (sulfide) groups is 1. The zero-order valence-corrected chi connectivity index (χ0v) is 19.7. The number of sulfonamides is 1. The Balaban J connectivity index is 1.72. The van der Waals surface area contributed by atoms with Crippen molar-refractivity contribution in [3.05, 3.63) is 41.5 Å². The third-order valence-corrected chi connectivity index (χ3v) is 7.17. The highest BCUT2D eigenvalue weighted by atomic mass is 32.2. The minimum atomic E-state index is -3.56. The van der Waals surface area contributed by atoms with Crippen LogP contribution in [0.5, 0.6) is 0 Å². The molecule has 0 fully saturated rings. The number of fused-ring (bicyclic) bond motifs is 1. The minimum absolute atomic E-state index is 0.00855. The number of hydrogen-bond acceptors (Lipinski definition) is 8. The van der Waals surface area contributed by atoms with E-state index < -0.39 is 16.0 Å². The maximum atomic E-state index is 12.4. The average Bonchev–Trinajstić information content (AvgIpc) is 3.06. The van der Waals surface area contributed by atoms with Crippen molar-refractivity contribution in [3.63, 3.8) is 0 Å². The summed E-state index contributed by atoms with van der Waals surface area (Å²) in [6, 6.07) is 6.69. The van der Waals surface area contributed by atoms with Crippen LogP contribution in [0.3, 0.4) is 0 Å². The highest BCUT2D eigenvalue weighted by Crippen LogP contribution is 2.23. The van der Waals surface area contributed by atoms with Gasteiger partial charge in [-0.1, -0.05) is 11.8 Å². The molecule has 31 heavy (non-hydrogen) atoms. The summed E-state index contributed by atoms with van der Waals surface area (Å²) in [6.07, 6.45) is 0. The van der Waals surface area contributed by atoms with Crippen molar-refractivity contribution in [3.8, 4) is 0 Å². The molecule has 0 N–H and O–H groups in total. The Morgan fingerprint density at radius 1 is 1.13 bits per heavy atom. The van der Waals surface area contributed by atoms with Crippen LogP contribution in [-0.4, -0.2) is 58.1 Å². The maximum absolute atomic E-state index is 12.4. The van der Waals surface area contributed by atoms with Crippen molar-refractivity contribution in [2.75, 3.05) is 19.8 Å². The number of carbonyl (C=O) groups is 1.